The zero-order valence-electron chi connectivity index (χ0n) is 18.2. The van der Waals surface area contributed by atoms with Gasteiger partial charge < -0.3 is 20.7 Å². The molecule has 4 rings (SSSR count). The largest absolute Gasteiger partial charge is 0.506 e. The fraction of sp³-hybridized carbons (Fsp3) is 0.111. The molecule has 4 N–H and O–H groups in total. The van der Waals surface area contributed by atoms with Crippen molar-refractivity contribution in [1.82, 2.24) is 4.57 Å². The van der Waals surface area contributed by atoms with Crippen LogP contribution in [0.1, 0.15) is 22.3 Å². The molecule has 0 spiro atoms. The van der Waals surface area contributed by atoms with Gasteiger partial charge in [0.2, 0.25) is 0 Å². The second kappa shape index (κ2) is 9.44. The molecular formula is C27H25N3O3. The third-order valence-corrected chi connectivity index (χ3v) is 5.54. The highest BCUT2D eigenvalue weighted by molar-refractivity contribution is 6.04. The van der Waals surface area contributed by atoms with Gasteiger partial charge in [0.15, 0.2) is 5.78 Å². The molecule has 33 heavy (non-hydrogen) atoms. The van der Waals surface area contributed by atoms with Gasteiger partial charge in [-0.1, -0.05) is 54.6 Å². The Balaban J connectivity index is 1.68. The molecule has 6 heteroatoms. The first-order chi connectivity index (χ1) is 15.9. The summed E-state index contributed by atoms with van der Waals surface area (Å²) in [5, 5.41) is 14.6. The van der Waals surface area contributed by atoms with E-state index in [2.05, 4.69) is 5.32 Å². The third-order valence-electron chi connectivity index (χ3n) is 5.54. The zero-order chi connectivity index (χ0) is 23.4. The predicted molar refractivity (Wildman–Crippen MR) is 134 cm³/mol. The van der Waals surface area contributed by atoms with E-state index in [1.54, 1.807) is 43.4 Å². The van der Waals surface area contributed by atoms with Gasteiger partial charge in [0.25, 0.3) is 5.56 Å². The summed E-state index contributed by atoms with van der Waals surface area (Å²) >= 11 is 0. The van der Waals surface area contributed by atoms with Gasteiger partial charge in [0.1, 0.15) is 11.3 Å². The van der Waals surface area contributed by atoms with Crippen LogP contribution in [0.2, 0.25) is 0 Å². The summed E-state index contributed by atoms with van der Waals surface area (Å²) in [5.74, 6) is -0.721. The van der Waals surface area contributed by atoms with Crippen LogP contribution in [0.4, 0.5) is 11.4 Å². The number of pyridine rings is 1. The number of aromatic hydroxyl groups is 1. The molecule has 0 aliphatic carbocycles. The van der Waals surface area contributed by atoms with Gasteiger partial charge in [-0.25, -0.2) is 0 Å². The molecule has 0 amide bonds. The number of hydrogen-bond acceptors (Lipinski definition) is 5. The SMILES string of the molecule is Cn1c(=O)c(C(=O)CC(/C=C/c2ccccc2)Nc2ccc(N)cc2)c(O)c2ccccc21. The second-order valence-corrected chi connectivity index (χ2v) is 7.87. The van der Waals surface area contributed by atoms with E-state index in [0.717, 1.165) is 11.3 Å². The lowest BCUT2D eigenvalue weighted by atomic mass is 10.0. The number of nitrogens with zero attached hydrogens (tertiary/aromatic N) is 1. The molecule has 166 valence electrons. The number of nitrogens with one attached hydrogen (secondary N) is 1. The summed E-state index contributed by atoms with van der Waals surface area (Å²) in [7, 11) is 1.60. The van der Waals surface area contributed by atoms with E-state index in [0.29, 0.717) is 16.6 Å². The van der Waals surface area contributed by atoms with E-state index in [4.69, 9.17) is 5.73 Å². The topological polar surface area (TPSA) is 97.4 Å². The molecule has 0 saturated carbocycles. The second-order valence-electron chi connectivity index (χ2n) is 7.87. The van der Waals surface area contributed by atoms with Crippen LogP contribution in [0.25, 0.3) is 17.0 Å². The number of Topliss-reactive ketones (excluding diaryl/α,β-unsaturated/α-hetero) is 1. The normalized spacial score (nSPS) is 12.2. The summed E-state index contributed by atoms with van der Waals surface area (Å²) in [6, 6.07) is 23.5. The summed E-state index contributed by atoms with van der Waals surface area (Å²) in [5.41, 5.74) is 8.04. The van der Waals surface area contributed by atoms with Crippen molar-refractivity contribution in [2.75, 3.05) is 11.1 Å². The number of nitrogens with two attached hydrogens (primary N) is 1. The number of aromatic nitrogens is 1. The summed E-state index contributed by atoms with van der Waals surface area (Å²) in [6.07, 6.45) is 3.78. The lowest BCUT2D eigenvalue weighted by Crippen LogP contribution is -2.28. The Hall–Kier alpha value is -4.32. The molecule has 0 saturated heterocycles. The molecule has 6 nitrogen and oxygen atoms in total. The number of anilines is 2. The lowest BCUT2D eigenvalue weighted by molar-refractivity contribution is 0.0976. The monoisotopic (exact) mass is 439 g/mol. The average Bonchev–Trinajstić information content (AvgIpc) is 2.83. The smallest absolute Gasteiger partial charge is 0.265 e. The number of carbonyl (C=O) groups is 1. The summed E-state index contributed by atoms with van der Waals surface area (Å²) in [4.78, 5) is 26.2. The molecule has 0 aliphatic heterocycles. The minimum Gasteiger partial charge on any atom is -0.506 e. The number of ketones is 1. The standard InChI is InChI=1S/C27H25N3O3/c1-30-23-10-6-5-9-22(23)26(32)25(27(30)33)24(31)17-21(14-11-18-7-3-2-4-8-18)29-20-15-12-19(28)13-16-20/h2-16,21,29,32H,17,28H2,1H3/b14-11+. The molecule has 3 aromatic carbocycles. The maximum Gasteiger partial charge on any atom is 0.265 e. The molecular weight excluding hydrogens is 414 g/mol. The Bertz CT molecular complexity index is 1370. The van der Waals surface area contributed by atoms with Crippen molar-refractivity contribution in [3.63, 3.8) is 0 Å². The zero-order valence-corrected chi connectivity index (χ0v) is 18.2. The van der Waals surface area contributed by atoms with Crippen molar-refractivity contribution < 1.29 is 9.90 Å². The predicted octanol–water partition coefficient (Wildman–Crippen LogP) is 4.59. The third kappa shape index (κ3) is 4.80. The van der Waals surface area contributed by atoms with Gasteiger partial charge in [0, 0.05) is 30.2 Å². The van der Waals surface area contributed by atoms with Crippen LogP contribution in [-0.2, 0) is 7.05 Å². The van der Waals surface area contributed by atoms with E-state index < -0.39 is 17.4 Å². The Morgan fingerprint density at radius 2 is 1.70 bits per heavy atom. The van der Waals surface area contributed by atoms with Crippen molar-refractivity contribution in [2.24, 2.45) is 7.05 Å². The van der Waals surface area contributed by atoms with E-state index in [1.807, 2.05) is 54.6 Å². The number of nitrogen functional groups attached to an aromatic ring is 1. The fourth-order valence-corrected chi connectivity index (χ4v) is 3.78. The van der Waals surface area contributed by atoms with Gasteiger partial charge in [-0.05, 0) is 42.0 Å². The first-order valence-electron chi connectivity index (χ1n) is 10.6. The Morgan fingerprint density at radius 3 is 2.42 bits per heavy atom. The van der Waals surface area contributed by atoms with Crippen LogP contribution >= 0.6 is 0 Å². The highest BCUT2D eigenvalue weighted by Crippen LogP contribution is 2.27. The Kier molecular flexibility index (Phi) is 6.26. The van der Waals surface area contributed by atoms with E-state index in [1.165, 1.54) is 4.57 Å². The van der Waals surface area contributed by atoms with Crippen LogP contribution in [-0.4, -0.2) is 21.5 Å². The number of para-hydroxylation sites is 1. The van der Waals surface area contributed by atoms with E-state index in [-0.39, 0.29) is 17.7 Å². The molecule has 1 heterocycles. The Labute approximate surface area is 191 Å². The maximum atomic E-state index is 13.3. The minimum atomic E-state index is -0.519. The maximum absolute atomic E-state index is 13.3. The summed E-state index contributed by atoms with van der Waals surface area (Å²) < 4.78 is 1.39. The lowest BCUT2D eigenvalue weighted by Gasteiger charge is -2.17. The van der Waals surface area contributed by atoms with Crippen molar-refractivity contribution in [3.05, 3.63) is 106 Å². The number of carbonyl (C=O) groups excluding carboxylic acids is 1. The molecule has 1 aromatic heterocycles. The molecule has 1 unspecified atom stereocenters. The first kappa shape index (κ1) is 21.9. The number of rotatable bonds is 7. The Morgan fingerprint density at radius 1 is 1.03 bits per heavy atom. The van der Waals surface area contributed by atoms with Crippen LogP contribution in [0.5, 0.6) is 5.75 Å². The number of aryl methyl sites for hydroxylation is 1. The van der Waals surface area contributed by atoms with Crippen molar-refractivity contribution >= 4 is 34.1 Å². The first-order valence-corrected chi connectivity index (χ1v) is 10.6. The van der Waals surface area contributed by atoms with Crippen molar-refractivity contribution in [1.29, 1.82) is 0 Å². The number of hydrogen-bond donors (Lipinski definition) is 3. The van der Waals surface area contributed by atoms with E-state index in [9.17, 15) is 14.7 Å². The quantitative estimate of drug-likeness (QED) is 0.289. The fourth-order valence-electron chi connectivity index (χ4n) is 3.78. The molecule has 4 aromatic rings. The molecule has 0 bridgehead atoms. The van der Waals surface area contributed by atoms with Gasteiger partial charge in [-0.15, -0.1) is 0 Å². The van der Waals surface area contributed by atoms with Crippen LogP contribution < -0.4 is 16.6 Å². The average molecular weight is 440 g/mol. The minimum absolute atomic E-state index is 0.0190. The van der Waals surface area contributed by atoms with E-state index >= 15 is 0 Å². The highest BCUT2D eigenvalue weighted by Gasteiger charge is 2.23. The van der Waals surface area contributed by atoms with Gasteiger partial charge in [-0.2, -0.15) is 0 Å². The van der Waals surface area contributed by atoms with Gasteiger partial charge >= 0.3 is 0 Å². The van der Waals surface area contributed by atoms with Crippen LogP contribution in [0, 0.1) is 0 Å². The number of benzene rings is 3. The van der Waals surface area contributed by atoms with Gasteiger partial charge in [0.05, 0.1) is 11.6 Å². The summed E-state index contributed by atoms with van der Waals surface area (Å²) in [6.45, 7) is 0. The van der Waals surface area contributed by atoms with Crippen molar-refractivity contribution in [2.45, 2.75) is 12.5 Å². The van der Waals surface area contributed by atoms with Gasteiger partial charge in [-0.3, -0.25) is 9.59 Å². The molecule has 1 atom stereocenters. The van der Waals surface area contributed by atoms with Crippen molar-refractivity contribution in [3.8, 4) is 5.75 Å². The van der Waals surface area contributed by atoms with Crippen LogP contribution in [0.15, 0.2) is 89.7 Å². The highest BCUT2D eigenvalue weighted by atomic mass is 16.3. The molecule has 0 fully saturated rings. The van der Waals surface area contributed by atoms with Crippen LogP contribution in [0.3, 0.4) is 0 Å². The molecule has 0 radical (unpaired) electrons. The molecule has 0 aliphatic rings. The number of fused-ring (bicyclic) bond motifs is 1.